The van der Waals surface area contributed by atoms with E-state index >= 15 is 0 Å². The minimum Gasteiger partial charge on any atom is -0.313 e. The van der Waals surface area contributed by atoms with E-state index < -0.39 is 0 Å². The predicted octanol–water partition coefficient (Wildman–Crippen LogP) is 4.13. The van der Waals surface area contributed by atoms with Crippen molar-refractivity contribution in [3.8, 4) is 0 Å². The summed E-state index contributed by atoms with van der Waals surface area (Å²) in [7, 11) is 0. The number of ketones is 2. The van der Waals surface area contributed by atoms with Gasteiger partial charge in [0.2, 0.25) is 11.6 Å². The third-order valence-corrected chi connectivity index (χ3v) is 4.76. The van der Waals surface area contributed by atoms with Crippen LogP contribution in [0.2, 0.25) is 0 Å². The monoisotopic (exact) mass is 338 g/mol. The second-order valence-corrected chi connectivity index (χ2v) is 6.28. The van der Waals surface area contributed by atoms with Crippen molar-refractivity contribution in [3.05, 3.63) is 85.2 Å². The zero-order chi connectivity index (χ0) is 17.7. The van der Waals surface area contributed by atoms with Crippen molar-refractivity contribution in [3.63, 3.8) is 0 Å². The summed E-state index contributed by atoms with van der Waals surface area (Å²) >= 11 is 0. The number of hydrogen-bond donors (Lipinski definition) is 0. The molecule has 4 nitrogen and oxygen atoms in total. The molecule has 0 atom stereocenters. The predicted molar refractivity (Wildman–Crippen MR) is 102 cm³/mol. The molecule has 0 saturated heterocycles. The Balaban J connectivity index is 1.61. The van der Waals surface area contributed by atoms with Gasteiger partial charge in [-0.1, -0.05) is 36.4 Å². The Hall–Kier alpha value is -3.66. The van der Waals surface area contributed by atoms with Crippen LogP contribution in [0.1, 0.15) is 0 Å². The van der Waals surface area contributed by atoms with E-state index in [1.165, 1.54) is 12.2 Å². The number of allylic oxidation sites excluding steroid dienone is 4. The molecule has 0 bridgehead atoms. The summed E-state index contributed by atoms with van der Waals surface area (Å²) in [5.74, 6) is -0.363. The van der Waals surface area contributed by atoms with Gasteiger partial charge in [-0.2, -0.15) is 0 Å². The molecule has 0 aliphatic heterocycles. The Kier molecular flexibility index (Phi) is 3.06. The fourth-order valence-electron chi connectivity index (χ4n) is 3.50. The largest absolute Gasteiger partial charge is 0.313 e. The number of para-hydroxylation sites is 2. The van der Waals surface area contributed by atoms with E-state index in [2.05, 4.69) is 0 Å². The molecule has 26 heavy (non-hydrogen) atoms. The second kappa shape index (κ2) is 5.43. The molecule has 2 aromatic heterocycles. The van der Waals surface area contributed by atoms with Crippen molar-refractivity contribution in [2.24, 2.45) is 0 Å². The fraction of sp³-hybridized carbons (Fsp3) is 0. The Labute approximate surface area is 149 Å². The molecule has 2 heterocycles. The van der Waals surface area contributed by atoms with Crippen LogP contribution in [0.5, 0.6) is 0 Å². The van der Waals surface area contributed by atoms with Crippen LogP contribution in [0.25, 0.3) is 33.2 Å². The summed E-state index contributed by atoms with van der Waals surface area (Å²) < 4.78 is 3.55. The van der Waals surface area contributed by atoms with Gasteiger partial charge in [0.15, 0.2) is 0 Å². The number of carbonyl (C=O) groups is 2. The summed E-state index contributed by atoms with van der Waals surface area (Å²) in [6, 6.07) is 19.4. The average Bonchev–Trinajstić information content (AvgIpc) is 3.27. The summed E-state index contributed by atoms with van der Waals surface area (Å²) in [5.41, 5.74) is 2.55. The molecule has 0 unspecified atom stereocenters. The molecule has 4 aromatic rings. The van der Waals surface area contributed by atoms with Crippen molar-refractivity contribution in [1.82, 2.24) is 9.13 Å². The van der Waals surface area contributed by atoms with Gasteiger partial charge in [0.05, 0.1) is 22.4 Å². The minimum absolute atomic E-state index is 0.182. The lowest BCUT2D eigenvalue weighted by Crippen LogP contribution is -2.18. The Morgan fingerprint density at radius 1 is 0.538 bits per heavy atom. The van der Waals surface area contributed by atoms with Crippen LogP contribution in [0, 0.1) is 0 Å². The molecule has 0 spiro atoms. The zero-order valence-corrected chi connectivity index (χ0v) is 13.8. The lowest BCUT2D eigenvalue weighted by Gasteiger charge is -2.15. The highest BCUT2D eigenvalue weighted by atomic mass is 16.1. The first-order valence-corrected chi connectivity index (χ1v) is 8.37. The zero-order valence-electron chi connectivity index (χ0n) is 13.8. The Bertz CT molecular complexity index is 1170. The molecular formula is C22H14N2O2. The van der Waals surface area contributed by atoms with Gasteiger partial charge in [-0.25, -0.2) is 0 Å². The lowest BCUT2D eigenvalue weighted by atomic mass is 10.1. The standard InChI is InChI=1S/C22H14N2O2/c25-21-14-20(24-12-10-16-6-2-4-8-18(16)24)22(26)13-19(21)23-11-9-15-5-1-3-7-17(15)23/h1-14H. The molecule has 0 N–H and O–H groups in total. The highest BCUT2D eigenvalue weighted by Gasteiger charge is 2.24. The van der Waals surface area contributed by atoms with Crippen molar-refractivity contribution >= 4 is 44.8 Å². The molecule has 5 rings (SSSR count). The SMILES string of the molecule is O=C1C=C(n2ccc3ccccc32)C(=O)C=C1n1ccc2ccccc21. The Morgan fingerprint density at radius 2 is 0.962 bits per heavy atom. The molecule has 1 aliphatic carbocycles. The van der Waals surface area contributed by atoms with Gasteiger partial charge in [-0.15, -0.1) is 0 Å². The molecule has 124 valence electrons. The summed E-state index contributed by atoms with van der Waals surface area (Å²) in [6.07, 6.45) is 6.51. The van der Waals surface area contributed by atoms with Crippen LogP contribution in [0.4, 0.5) is 0 Å². The van der Waals surface area contributed by atoms with Crippen molar-refractivity contribution in [1.29, 1.82) is 0 Å². The van der Waals surface area contributed by atoms with Gasteiger partial charge in [-0.05, 0) is 35.0 Å². The van der Waals surface area contributed by atoms with Crippen LogP contribution in [0.3, 0.4) is 0 Å². The van der Waals surface area contributed by atoms with Gasteiger partial charge in [-0.3, -0.25) is 9.59 Å². The molecular weight excluding hydrogens is 324 g/mol. The van der Waals surface area contributed by atoms with Crippen LogP contribution >= 0.6 is 0 Å². The maximum Gasteiger partial charge on any atom is 0.204 e. The number of aromatic nitrogens is 2. The topological polar surface area (TPSA) is 44.0 Å². The van der Waals surface area contributed by atoms with E-state index in [1.807, 2.05) is 73.1 Å². The maximum absolute atomic E-state index is 12.8. The van der Waals surface area contributed by atoms with Crippen LogP contribution in [0.15, 0.2) is 85.2 Å². The van der Waals surface area contributed by atoms with Crippen LogP contribution in [-0.4, -0.2) is 20.7 Å². The number of carbonyl (C=O) groups excluding carboxylic acids is 2. The second-order valence-electron chi connectivity index (χ2n) is 6.28. The first kappa shape index (κ1) is 14.7. The molecule has 1 aliphatic rings. The summed E-state index contributed by atoms with van der Waals surface area (Å²) in [5, 5.41) is 2.06. The van der Waals surface area contributed by atoms with Crippen LogP contribution in [-0.2, 0) is 9.59 Å². The molecule has 4 heteroatoms. The number of fused-ring (bicyclic) bond motifs is 2. The summed E-state index contributed by atoms with van der Waals surface area (Å²) in [6.45, 7) is 0. The first-order valence-electron chi connectivity index (χ1n) is 8.37. The fourth-order valence-corrected chi connectivity index (χ4v) is 3.50. The van der Waals surface area contributed by atoms with Crippen molar-refractivity contribution in [2.45, 2.75) is 0 Å². The smallest absolute Gasteiger partial charge is 0.204 e. The molecule has 0 saturated carbocycles. The highest BCUT2D eigenvalue weighted by molar-refractivity contribution is 6.40. The third-order valence-electron chi connectivity index (χ3n) is 4.76. The molecule has 0 radical (unpaired) electrons. The van der Waals surface area contributed by atoms with Gasteiger partial charge in [0.1, 0.15) is 0 Å². The van der Waals surface area contributed by atoms with Gasteiger partial charge < -0.3 is 9.13 Å². The normalized spacial score (nSPS) is 14.8. The Morgan fingerprint density at radius 3 is 1.42 bits per heavy atom. The van der Waals surface area contributed by atoms with E-state index in [9.17, 15) is 9.59 Å². The number of hydrogen-bond acceptors (Lipinski definition) is 2. The number of benzene rings is 2. The third kappa shape index (κ3) is 2.09. The summed E-state index contributed by atoms with van der Waals surface area (Å²) in [4.78, 5) is 25.6. The number of rotatable bonds is 2. The van der Waals surface area contributed by atoms with E-state index in [1.54, 1.807) is 9.13 Å². The van der Waals surface area contributed by atoms with Crippen molar-refractivity contribution in [2.75, 3.05) is 0 Å². The molecule has 0 fully saturated rings. The minimum atomic E-state index is -0.182. The van der Waals surface area contributed by atoms with E-state index in [4.69, 9.17) is 0 Å². The lowest BCUT2D eigenvalue weighted by molar-refractivity contribution is -0.113. The van der Waals surface area contributed by atoms with Crippen molar-refractivity contribution < 1.29 is 9.59 Å². The number of nitrogens with zero attached hydrogens (tertiary/aromatic N) is 2. The molecule has 0 amide bonds. The first-order chi connectivity index (χ1) is 12.7. The van der Waals surface area contributed by atoms with Crippen LogP contribution < -0.4 is 0 Å². The van der Waals surface area contributed by atoms with E-state index in [-0.39, 0.29) is 11.6 Å². The average molecular weight is 338 g/mol. The van der Waals surface area contributed by atoms with E-state index in [0.29, 0.717) is 11.4 Å². The van der Waals surface area contributed by atoms with E-state index in [0.717, 1.165) is 21.8 Å². The maximum atomic E-state index is 12.8. The highest BCUT2D eigenvalue weighted by Crippen LogP contribution is 2.27. The van der Waals surface area contributed by atoms with Gasteiger partial charge >= 0.3 is 0 Å². The van der Waals surface area contributed by atoms with Gasteiger partial charge in [0.25, 0.3) is 0 Å². The van der Waals surface area contributed by atoms with Gasteiger partial charge in [0, 0.05) is 24.5 Å². The molecule has 2 aromatic carbocycles. The quantitative estimate of drug-likeness (QED) is 0.516.